The van der Waals surface area contributed by atoms with Gasteiger partial charge in [-0.05, 0) is 19.1 Å². The number of carbonyl (C=O) groups is 1. The van der Waals surface area contributed by atoms with Crippen molar-refractivity contribution in [1.29, 1.82) is 0 Å². The minimum absolute atomic E-state index is 0.0565. The highest BCUT2D eigenvalue weighted by atomic mass is 32.2. The molecule has 5 nitrogen and oxygen atoms in total. The Bertz CT molecular complexity index is 553. The number of para-hydroxylation sites is 1. The highest BCUT2D eigenvalue weighted by molar-refractivity contribution is 8.00. The maximum atomic E-state index is 11.8. The van der Waals surface area contributed by atoms with E-state index in [-0.39, 0.29) is 11.2 Å². The summed E-state index contributed by atoms with van der Waals surface area (Å²) in [5.41, 5.74) is 0.952. The molecule has 0 unspecified atom stereocenters. The predicted octanol–water partition coefficient (Wildman–Crippen LogP) is 1.84. The molecule has 0 radical (unpaired) electrons. The highest BCUT2D eigenvalue weighted by Gasteiger charge is 2.18. The van der Waals surface area contributed by atoms with Gasteiger partial charge in [0.1, 0.15) is 6.33 Å². The van der Waals surface area contributed by atoms with Crippen molar-refractivity contribution in [2.45, 2.75) is 17.3 Å². The number of carbonyl (C=O) groups excluding carboxylic acids is 1. The van der Waals surface area contributed by atoms with Crippen molar-refractivity contribution in [2.75, 3.05) is 14.1 Å². The lowest BCUT2D eigenvalue weighted by molar-refractivity contribution is -0.127. The van der Waals surface area contributed by atoms with Crippen LogP contribution in [0.5, 0.6) is 0 Å². The predicted molar refractivity (Wildman–Crippen MR) is 75.4 cm³/mol. The fourth-order valence-corrected chi connectivity index (χ4v) is 2.45. The number of hydrogen-bond donors (Lipinski definition) is 0. The van der Waals surface area contributed by atoms with E-state index in [0.717, 1.165) is 5.69 Å². The molecule has 0 saturated carbocycles. The molecule has 2 rings (SSSR count). The third-order valence-corrected chi connectivity index (χ3v) is 3.52. The fourth-order valence-electron chi connectivity index (χ4n) is 1.58. The molecule has 6 heteroatoms. The van der Waals surface area contributed by atoms with E-state index in [9.17, 15) is 4.79 Å². The summed E-state index contributed by atoms with van der Waals surface area (Å²) < 4.78 is 1.70. The summed E-state index contributed by atoms with van der Waals surface area (Å²) >= 11 is 1.36. The van der Waals surface area contributed by atoms with Crippen LogP contribution in [0, 0.1) is 0 Å². The first-order valence-corrected chi connectivity index (χ1v) is 6.81. The van der Waals surface area contributed by atoms with Gasteiger partial charge in [0.2, 0.25) is 11.1 Å². The van der Waals surface area contributed by atoms with Crippen molar-refractivity contribution in [3.8, 4) is 5.69 Å². The lowest BCUT2D eigenvalue weighted by Gasteiger charge is -2.14. The van der Waals surface area contributed by atoms with Crippen molar-refractivity contribution in [1.82, 2.24) is 19.7 Å². The van der Waals surface area contributed by atoms with Gasteiger partial charge in [0.05, 0.1) is 10.9 Å². The molecule has 0 aliphatic carbocycles. The molecule has 0 saturated heterocycles. The quantitative estimate of drug-likeness (QED) is 0.800. The third-order valence-electron chi connectivity index (χ3n) is 2.56. The molecule has 1 aromatic heterocycles. The minimum atomic E-state index is -0.193. The van der Waals surface area contributed by atoms with E-state index >= 15 is 0 Å². The molecule has 2 aromatic rings. The molecule has 100 valence electrons. The maximum Gasteiger partial charge on any atom is 0.235 e. The van der Waals surface area contributed by atoms with Crippen LogP contribution < -0.4 is 0 Å². The molecule has 1 aromatic carbocycles. The van der Waals surface area contributed by atoms with Crippen LogP contribution in [0.15, 0.2) is 41.8 Å². The van der Waals surface area contributed by atoms with E-state index in [4.69, 9.17) is 0 Å². The van der Waals surface area contributed by atoms with Crippen LogP contribution in [0.2, 0.25) is 0 Å². The molecule has 0 aliphatic heterocycles. The van der Waals surface area contributed by atoms with Crippen LogP contribution in [0.4, 0.5) is 0 Å². The van der Waals surface area contributed by atoms with Crippen LogP contribution in [-0.2, 0) is 4.79 Å². The van der Waals surface area contributed by atoms with Crippen molar-refractivity contribution in [3.05, 3.63) is 36.7 Å². The van der Waals surface area contributed by atoms with Gasteiger partial charge in [-0.15, -0.1) is 5.10 Å². The molecule has 0 N–H and O–H groups in total. The van der Waals surface area contributed by atoms with Crippen LogP contribution >= 0.6 is 11.8 Å². The van der Waals surface area contributed by atoms with Crippen LogP contribution in [-0.4, -0.2) is 44.9 Å². The third kappa shape index (κ3) is 3.35. The monoisotopic (exact) mass is 276 g/mol. The molecule has 0 fully saturated rings. The van der Waals surface area contributed by atoms with Crippen LogP contribution in [0.1, 0.15) is 6.92 Å². The van der Waals surface area contributed by atoms with Crippen LogP contribution in [0.3, 0.4) is 0 Å². The Hall–Kier alpha value is -1.82. The average molecular weight is 276 g/mol. The van der Waals surface area contributed by atoms with Gasteiger partial charge in [-0.2, -0.15) is 0 Å². The van der Waals surface area contributed by atoms with Gasteiger partial charge in [-0.3, -0.25) is 4.79 Å². The Kier molecular flexibility index (Phi) is 4.21. The fraction of sp³-hybridized carbons (Fsp3) is 0.308. The SMILES string of the molecule is C[C@@H](Sc1ncn(-c2ccccc2)n1)C(=O)N(C)C. The number of nitrogens with zero attached hydrogens (tertiary/aromatic N) is 4. The van der Waals surface area contributed by atoms with Crippen molar-refractivity contribution < 1.29 is 4.79 Å². The summed E-state index contributed by atoms with van der Waals surface area (Å²) in [6, 6.07) is 9.76. The second-order valence-corrected chi connectivity index (χ2v) is 5.61. The molecule has 0 aliphatic rings. The lowest BCUT2D eigenvalue weighted by Crippen LogP contribution is -2.29. The number of rotatable bonds is 4. The zero-order chi connectivity index (χ0) is 13.8. The summed E-state index contributed by atoms with van der Waals surface area (Å²) in [6.07, 6.45) is 1.66. The van der Waals surface area contributed by atoms with Gasteiger partial charge in [0.15, 0.2) is 0 Å². The number of hydrogen-bond acceptors (Lipinski definition) is 4. The Balaban J connectivity index is 2.08. The van der Waals surface area contributed by atoms with Gasteiger partial charge in [-0.1, -0.05) is 30.0 Å². The minimum Gasteiger partial charge on any atom is -0.348 e. The molecule has 1 amide bonds. The largest absolute Gasteiger partial charge is 0.348 e. The summed E-state index contributed by atoms with van der Waals surface area (Å²) in [6.45, 7) is 1.86. The van der Waals surface area contributed by atoms with Crippen molar-refractivity contribution in [2.24, 2.45) is 0 Å². The number of amides is 1. The van der Waals surface area contributed by atoms with E-state index in [1.807, 2.05) is 37.3 Å². The summed E-state index contributed by atoms with van der Waals surface area (Å²) in [5, 5.41) is 4.77. The number of benzene rings is 1. The van der Waals surface area contributed by atoms with E-state index < -0.39 is 0 Å². The van der Waals surface area contributed by atoms with Gasteiger partial charge in [0, 0.05) is 14.1 Å². The second-order valence-electron chi connectivity index (χ2n) is 4.30. The standard InChI is InChI=1S/C13H16N4OS/c1-10(12(18)16(2)3)19-13-14-9-17(15-13)11-7-5-4-6-8-11/h4-10H,1-3H3/t10-/m1/s1. The van der Waals surface area contributed by atoms with Crippen molar-refractivity contribution in [3.63, 3.8) is 0 Å². The highest BCUT2D eigenvalue weighted by Crippen LogP contribution is 2.20. The molecular weight excluding hydrogens is 260 g/mol. The summed E-state index contributed by atoms with van der Waals surface area (Å²) in [4.78, 5) is 17.6. The number of aromatic nitrogens is 3. The Labute approximate surface area is 116 Å². The average Bonchev–Trinajstić information content (AvgIpc) is 2.87. The normalized spacial score (nSPS) is 12.2. The zero-order valence-corrected chi connectivity index (χ0v) is 12.0. The van der Waals surface area contributed by atoms with Gasteiger partial charge in [-0.25, -0.2) is 9.67 Å². The second kappa shape index (κ2) is 5.88. The zero-order valence-electron chi connectivity index (χ0n) is 11.1. The molecule has 1 atom stereocenters. The van der Waals surface area contributed by atoms with E-state index in [1.165, 1.54) is 11.8 Å². The van der Waals surface area contributed by atoms with E-state index in [1.54, 1.807) is 30.0 Å². The smallest absolute Gasteiger partial charge is 0.235 e. The summed E-state index contributed by atoms with van der Waals surface area (Å²) in [7, 11) is 3.49. The topological polar surface area (TPSA) is 51.0 Å². The molecular formula is C13H16N4OS. The molecule has 0 bridgehead atoms. The molecule has 19 heavy (non-hydrogen) atoms. The maximum absolute atomic E-state index is 11.8. The Morgan fingerprint density at radius 3 is 2.63 bits per heavy atom. The first-order chi connectivity index (χ1) is 9.08. The first kappa shape index (κ1) is 13.6. The van der Waals surface area contributed by atoms with Crippen LogP contribution in [0.25, 0.3) is 5.69 Å². The van der Waals surface area contributed by atoms with Gasteiger partial charge >= 0.3 is 0 Å². The Morgan fingerprint density at radius 1 is 1.32 bits per heavy atom. The van der Waals surface area contributed by atoms with Gasteiger partial charge in [0.25, 0.3) is 0 Å². The molecule has 0 spiro atoms. The summed E-state index contributed by atoms with van der Waals surface area (Å²) in [5.74, 6) is 0.0565. The van der Waals surface area contributed by atoms with E-state index in [2.05, 4.69) is 10.1 Å². The number of thioether (sulfide) groups is 1. The Morgan fingerprint density at radius 2 is 2.00 bits per heavy atom. The van der Waals surface area contributed by atoms with E-state index in [0.29, 0.717) is 5.16 Å². The van der Waals surface area contributed by atoms with Gasteiger partial charge < -0.3 is 4.90 Å². The molecule has 1 heterocycles. The first-order valence-electron chi connectivity index (χ1n) is 5.93. The lowest BCUT2D eigenvalue weighted by atomic mass is 10.3. The van der Waals surface area contributed by atoms with Crippen molar-refractivity contribution >= 4 is 17.7 Å².